The summed E-state index contributed by atoms with van der Waals surface area (Å²) in [5.41, 5.74) is 8.04. The number of anilines is 1. The topological polar surface area (TPSA) is 38.0 Å². The van der Waals surface area contributed by atoms with Crippen LogP contribution >= 0.6 is 24.8 Å². The first-order valence-electron chi connectivity index (χ1n) is 6.38. The summed E-state index contributed by atoms with van der Waals surface area (Å²) in [5, 5.41) is 3.55. The molecule has 1 aliphatic carbocycles. The van der Waals surface area contributed by atoms with Crippen LogP contribution in [0.2, 0.25) is 0 Å². The molecule has 1 aromatic carbocycles. The van der Waals surface area contributed by atoms with Crippen LogP contribution in [0.4, 0.5) is 5.69 Å². The molecule has 0 saturated heterocycles. The molecule has 0 spiro atoms. The smallest absolute Gasteiger partial charge is 0.0314 e. The zero-order valence-electron chi connectivity index (χ0n) is 10.9. The molecule has 0 amide bonds. The van der Waals surface area contributed by atoms with Gasteiger partial charge in [-0.3, -0.25) is 0 Å². The Balaban J connectivity index is 0.00000144. The third-order valence-electron chi connectivity index (χ3n) is 3.63. The van der Waals surface area contributed by atoms with Crippen LogP contribution in [0.1, 0.15) is 44.1 Å². The molecule has 1 fully saturated rings. The average Bonchev–Trinajstić information content (AvgIpc) is 2.32. The van der Waals surface area contributed by atoms with Crippen LogP contribution in [0, 0.1) is 0 Å². The number of nitrogens with two attached hydrogens (primary N) is 1. The van der Waals surface area contributed by atoms with Crippen molar-refractivity contribution in [3.63, 3.8) is 0 Å². The van der Waals surface area contributed by atoms with Crippen LogP contribution in [0.25, 0.3) is 0 Å². The van der Waals surface area contributed by atoms with Crippen LogP contribution in [0.15, 0.2) is 24.3 Å². The van der Waals surface area contributed by atoms with E-state index in [-0.39, 0.29) is 24.8 Å². The summed E-state index contributed by atoms with van der Waals surface area (Å²) in [6, 6.07) is 9.16. The summed E-state index contributed by atoms with van der Waals surface area (Å²) in [5.74, 6) is 0.746. The second-order valence-corrected chi connectivity index (χ2v) is 4.77. The Bertz CT molecular complexity index is 319. The number of hydrogen-bond acceptors (Lipinski definition) is 2. The maximum atomic E-state index is 5.71. The molecule has 2 rings (SSSR count). The molecule has 0 unspecified atom stereocenters. The Morgan fingerprint density at radius 2 is 1.61 bits per heavy atom. The van der Waals surface area contributed by atoms with Gasteiger partial charge in [-0.05, 0) is 55.8 Å². The van der Waals surface area contributed by atoms with Crippen molar-refractivity contribution in [1.29, 1.82) is 0 Å². The first-order chi connectivity index (χ1) is 7.79. The molecular weight excluding hydrogens is 267 g/mol. The number of hydrogen-bond donors (Lipinski definition) is 2. The lowest BCUT2D eigenvalue weighted by Gasteiger charge is -2.29. The van der Waals surface area contributed by atoms with E-state index in [2.05, 4.69) is 24.4 Å². The van der Waals surface area contributed by atoms with Gasteiger partial charge in [0.1, 0.15) is 0 Å². The van der Waals surface area contributed by atoms with Gasteiger partial charge in [0.05, 0.1) is 0 Å². The van der Waals surface area contributed by atoms with Crippen molar-refractivity contribution < 1.29 is 0 Å². The Morgan fingerprint density at radius 1 is 1.06 bits per heavy atom. The SMILES string of the molecule is CCNC1CCC(c2ccc(N)cc2)CC1.Cl.Cl. The van der Waals surface area contributed by atoms with E-state index in [1.54, 1.807) is 0 Å². The lowest BCUT2D eigenvalue weighted by molar-refractivity contribution is 0.348. The fourth-order valence-corrected chi connectivity index (χ4v) is 2.69. The summed E-state index contributed by atoms with van der Waals surface area (Å²) < 4.78 is 0. The lowest BCUT2D eigenvalue weighted by atomic mass is 9.82. The summed E-state index contributed by atoms with van der Waals surface area (Å²) in [7, 11) is 0. The zero-order chi connectivity index (χ0) is 11.4. The third kappa shape index (κ3) is 4.68. The van der Waals surface area contributed by atoms with E-state index in [1.807, 2.05) is 12.1 Å². The van der Waals surface area contributed by atoms with Crippen molar-refractivity contribution in [1.82, 2.24) is 5.32 Å². The third-order valence-corrected chi connectivity index (χ3v) is 3.63. The first-order valence-corrected chi connectivity index (χ1v) is 6.38. The molecule has 104 valence electrons. The molecule has 2 nitrogen and oxygen atoms in total. The maximum absolute atomic E-state index is 5.71. The van der Waals surface area contributed by atoms with E-state index in [4.69, 9.17) is 5.73 Å². The summed E-state index contributed by atoms with van der Waals surface area (Å²) in [6.07, 6.45) is 5.23. The van der Waals surface area contributed by atoms with E-state index >= 15 is 0 Å². The minimum Gasteiger partial charge on any atom is -0.399 e. The van der Waals surface area contributed by atoms with Crippen molar-refractivity contribution in [2.45, 2.75) is 44.6 Å². The average molecular weight is 291 g/mol. The van der Waals surface area contributed by atoms with Gasteiger partial charge in [0.25, 0.3) is 0 Å². The monoisotopic (exact) mass is 290 g/mol. The lowest BCUT2D eigenvalue weighted by Crippen LogP contribution is -2.32. The van der Waals surface area contributed by atoms with Gasteiger partial charge in [0.2, 0.25) is 0 Å². The highest BCUT2D eigenvalue weighted by Crippen LogP contribution is 2.33. The van der Waals surface area contributed by atoms with Crippen LogP contribution in [-0.4, -0.2) is 12.6 Å². The minimum atomic E-state index is 0. The fourth-order valence-electron chi connectivity index (χ4n) is 2.69. The van der Waals surface area contributed by atoms with E-state index in [1.165, 1.54) is 31.2 Å². The molecule has 0 aromatic heterocycles. The largest absolute Gasteiger partial charge is 0.399 e. The highest BCUT2D eigenvalue weighted by molar-refractivity contribution is 5.85. The summed E-state index contributed by atoms with van der Waals surface area (Å²) in [6.45, 7) is 3.28. The summed E-state index contributed by atoms with van der Waals surface area (Å²) >= 11 is 0. The molecule has 0 bridgehead atoms. The van der Waals surface area contributed by atoms with Crippen molar-refractivity contribution in [2.75, 3.05) is 12.3 Å². The standard InChI is InChI=1S/C14H22N2.2ClH/c1-2-16-14-9-5-12(6-10-14)11-3-7-13(15)8-4-11;;/h3-4,7-8,12,14,16H,2,5-6,9-10,15H2,1H3;2*1H. The predicted octanol–water partition coefficient (Wildman–Crippen LogP) is 3.75. The molecule has 1 aromatic rings. The van der Waals surface area contributed by atoms with Crippen molar-refractivity contribution in [3.8, 4) is 0 Å². The first kappa shape index (κ1) is 17.6. The number of halogens is 2. The quantitative estimate of drug-likeness (QED) is 0.832. The Kier molecular flexibility index (Phi) is 8.41. The van der Waals surface area contributed by atoms with Crippen molar-refractivity contribution in [3.05, 3.63) is 29.8 Å². The number of nitrogens with one attached hydrogen (secondary N) is 1. The molecule has 1 aliphatic rings. The van der Waals surface area contributed by atoms with Gasteiger partial charge in [0.15, 0.2) is 0 Å². The van der Waals surface area contributed by atoms with Crippen LogP contribution in [-0.2, 0) is 0 Å². The molecule has 3 N–H and O–H groups in total. The second-order valence-electron chi connectivity index (χ2n) is 4.77. The van der Waals surface area contributed by atoms with E-state index < -0.39 is 0 Å². The van der Waals surface area contributed by atoms with E-state index in [0.717, 1.165) is 24.2 Å². The Labute approximate surface area is 123 Å². The zero-order valence-corrected chi connectivity index (χ0v) is 12.5. The van der Waals surface area contributed by atoms with E-state index in [9.17, 15) is 0 Å². The van der Waals surface area contributed by atoms with Gasteiger partial charge in [-0.25, -0.2) is 0 Å². The molecule has 0 aliphatic heterocycles. The minimum absolute atomic E-state index is 0. The van der Waals surface area contributed by atoms with Crippen molar-refractivity contribution in [2.24, 2.45) is 0 Å². The number of rotatable bonds is 3. The van der Waals surface area contributed by atoms with Gasteiger partial charge in [-0.15, -0.1) is 24.8 Å². The van der Waals surface area contributed by atoms with Gasteiger partial charge >= 0.3 is 0 Å². The van der Waals surface area contributed by atoms with Crippen LogP contribution < -0.4 is 11.1 Å². The second kappa shape index (κ2) is 8.63. The normalized spacial score (nSPS) is 22.7. The molecule has 0 atom stereocenters. The molecule has 0 heterocycles. The van der Waals surface area contributed by atoms with Crippen molar-refractivity contribution >= 4 is 30.5 Å². The fraction of sp³-hybridized carbons (Fsp3) is 0.571. The highest BCUT2D eigenvalue weighted by Gasteiger charge is 2.21. The number of benzene rings is 1. The highest BCUT2D eigenvalue weighted by atomic mass is 35.5. The Hall–Kier alpha value is -0.440. The summed E-state index contributed by atoms with van der Waals surface area (Å²) in [4.78, 5) is 0. The predicted molar refractivity (Wildman–Crippen MR) is 84.0 cm³/mol. The maximum Gasteiger partial charge on any atom is 0.0314 e. The van der Waals surface area contributed by atoms with Crippen LogP contribution in [0.5, 0.6) is 0 Å². The van der Waals surface area contributed by atoms with Gasteiger partial charge in [0, 0.05) is 11.7 Å². The molecular formula is C14H24Cl2N2. The molecule has 0 radical (unpaired) electrons. The molecule has 1 saturated carbocycles. The molecule has 18 heavy (non-hydrogen) atoms. The van der Waals surface area contributed by atoms with Crippen LogP contribution in [0.3, 0.4) is 0 Å². The van der Waals surface area contributed by atoms with Gasteiger partial charge in [-0.1, -0.05) is 19.1 Å². The Morgan fingerprint density at radius 3 is 2.11 bits per heavy atom. The van der Waals surface area contributed by atoms with E-state index in [0.29, 0.717) is 0 Å². The van der Waals surface area contributed by atoms with Gasteiger partial charge < -0.3 is 11.1 Å². The molecule has 4 heteroatoms. The number of nitrogen functional groups attached to an aromatic ring is 1. The van der Waals surface area contributed by atoms with Gasteiger partial charge in [-0.2, -0.15) is 0 Å².